The molecule has 1 rings (SSSR count). The summed E-state index contributed by atoms with van der Waals surface area (Å²) in [4.78, 5) is 12.2. The zero-order valence-electron chi connectivity index (χ0n) is 9.90. The Bertz CT molecular complexity index is 398. The van der Waals surface area contributed by atoms with Gasteiger partial charge < -0.3 is 10.5 Å². The first kappa shape index (κ1) is 14.2. The summed E-state index contributed by atoms with van der Waals surface area (Å²) in [5.41, 5.74) is 6.36. The molecule has 0 bridgehead atoms. The molecule has 0 aliphatic carbocycles. The van der Waals surface area contributed by atoms with Crippen LogP contribution in [0.25, 0.3) is 0 Å². The van der Waals surface area contributed by atoms with Crippen LogP contribution in [-0.4, -0.2) is 17.8 Å². The number of rotatable bonds is 5. The van der Waals surface area contributed by atoms with Crippen LogP contribution >= 0.6 is 23.4 Å². The maximum absolute atomic E-state index is 11.3. The minimum atomic E-state index is -0.187. The van der Waals surface area contributed by atoms with Gasteiger partial charge in [-0.1, -0.05) is 18.5 Å². The van der Waals surface area contributed by atoms with Crippen molar-refractivity contribution in [3.05, 3.63) is 23.2 Å². The first-order chi connectivity index (χ1) is 8.02. The minimum Gasteiger partial charge on any atom is -0.466 e. The number of hydrogen-bond donors (Lipinski definition) is 1. The standard InChI is InChI=1S/C12H16ClNO2S/c1-3-16-12(15)6-8(2)17-11-7-9(14)4-5-10(11)13/h4-5,7-8H,3,6,14H2,1-2H3. The highest BCUT2D eigenvalue weighted by molar-refractivity contribution is 8.00. The molecule has 0 saturated heterocycles. The second kappa shape index (κ2) is 6.77. The molecule has 5 heteroatoms. The topological polar surface area (TPSA) is 52.3 Å². The molecule has 0 radical (unpaired) electrons. The SMILES string of the molecule is CCOC(=O)CC(C)Sc1cc(N)ccc1Cl. The van der Waals surface area contributed by atoms with Gasteiger partial charge in [0.2, 0.25) is 0 Å². The number of carbonyl (C=O) groups is 1. The first-order valence-corrected chi connectivity index (χ1v) is 6.66. The summed E-state index contributed by atoms with van der Waals surface area (Å²) < 4.78 is 4.89. The van der Waals surface area contributed by atoms with Crippen LogP contribution in [0, 0.1) is 0 Å². The summed E-state index contributed by atoms with van der Waals surface area (Å²) in [5.74, 6) is -0.187. The fourth-order valence-electron chi connectivity index (χ4n) is 1.32. The van der Waals surface area contributed by atoms with Crippen molar-refractivity contribution in [2.75, 3.05) is 12.3 Å². The van der Waals surface area contributed by atoms with E-state index in [0.717, 1.165) is 4.90 Å². The summed E-state index contributed by atoms with van der Waals surface area (Å²) in [5, 5.41) is 0.758. The van der Waals surface area contributed by atoms with Crippen LogP contribution in [0.4, 0.5) is 5.69 Å². The third kappa shape index (κ3) is 4.88. The molecule has 3 nitrogen and oxygen atoms in total. The lowest BCUT2D eigenvalue weighted by atomic mass is 10.3. The number of ether oxygens (including phenoxy) is 1. The molecule has 0 saturated carbocycles. The molecular weight excluding hydrogens is 258 g/mol. The number of anilines is 1. The Morgan fingerprint density at radius 2 is 2.29 bits per heavy atom. The molecule has 17 heavy (non-hydrogen) atoms. The summed E-state index contributed by atoms with van der Waals surface area (Å²) in [6, 6.07) is 5.33. The van der Waals surface area contributed by atoms with Gasteiger partial charge in [0, 0.05) is 15.8 Å². The van der Waals surface area contributed by atoms with Gasteiger partial charge in [0.25, 0.3) is 0 Å². The van der Waals surface area contributed by atoms with E-state index in [2.05, 4.69) is 0 Å². The molecule has 0 aliphatic heterocycles. The Labute approximate surface area is 111 Å². The molecule has 0 spiro atoms. The van der Waals surface area contributed by atoms with E-state index < -0.39 is 0 Å². The molecule has 0 amide bonds. The molecule has 1 unspecified atom stereocenters. The summed E-state index contributed by atoms with van der Waals surface area (Å²) in [6.45, 7) is 4.17. The van der Waals surface area contributed by atoms with E-state index >= 15 is 0 Å². The Morgan fingerprint density at radius 1 is 1.59 bits per heavy atom. The highest BCUT2D eigenvalue weighted by Crippen LogP contribution is 2.33. The second-order valence-corrected chi connectivity index (χ2v) is 5.51. The van der Waals surface area contributed by atoms with Gasteiger partial charge in [-0.05, 0) is 25.1 Å². The van der Waals surface area contributed by atoms with Crippen molar-refractivity contribution in [2.45, 2.75) is 30.4 Å². The van der Waals surface area contributed by atoms with Gasteiger partial charge in [-0.3, -0.25) is 4.79 Å². The van der Waals surface area contributed by atoms with E-state index in [9.17, 15) is 4.79 Å². The first-order valence-electron chi connectivity index (χ1n) is 5.40. The highest BCUT2D eigenvalue weighted by Gasteiger charge is 2.13. The van der Waals surface area contributed by atoms with Crippen LogP contribution in [0.3, 0.4) is 0 Å². The monoisotopic (exact) mass is 273 g/mol. The van der Waals surface area contributed by atoms with Crippen molar-refractivity contribution < 1.29 is 9.53 Å². The van der Waals surface area contributed by atoms with E-state index in [1.54, 1.807) is 19.1 Å². The van der Waals surface area contributed by atoms with Crippen LogP contribution in [0.5, 0.6) is 0 Å². The summed E-state index contributed by atoms with van der Waals surface area (Å²) >= 11 is 7.57. The lowest BCUT2D eigenvalue weighted by Crippen LogP contribution is -2.10. The number of benzene rings is 1. The molecule has 0 aliphatic rings. The predicted octanol–water partition coefficient (Wildman–Crippen LogP) is 3.36. The average Bonchev–Trinajstić information content (AvgIpc) is 2.23. The maximum Gasteiger partial charge on any atom is 0.306 e. The third-order valence-electron chi connectivity index (χ3n) is 2.04. The molecule has 1 aromatic rings. The highest BCUT2D eigenvalue weighted by atomic mass is 35.5. The zero-order chi connectivity index (χ0) is 12.8. The Morgan fingerprint density at radius 3 is 2.94 bits per heavy atom. The van der Waals surface area contributed by atoms with Gasteiger partial charge >= 0.3 is 5.97 Å². The van der Waals surface area contributed by atoms with E-state index in [-0.39, 0.29) is 11.2 Å². The van der Waals surface area contributed by atoms with E-state index in [0.29, 0.717) is 23.7 Å². The van der Waals surface area contributed by atoms with Crippen LogP contribution in [0.1, 0.15) is 20.3 Å². The summed E-state index contributed by atoms with van der Waals surface area (Å²) in [7, 11) is 0. The van der Waals surface area contributed by atoms with E-state index in [1.165, 1.54) is 11.8 Å². The zero-order valence-corrected chi connectivity index (χ0v) is 11.5. The number of halogens is 1. The number of esters is 1. The van der Waals surface area contributed by atoms with Crippen LogP contribution < -0.4 is 5.73 Å². The van der Waals surface area contributed by atoms with Crippen LogP contribution in [0.15, 0.2) is 23.1 Å². The van der Waals surface area contributed by atoms with Crippen molar-refractivity contribution in [2.24, 2.45) is 0 Å². The fraction of sp³-hybridized carbons (Fsp3) is 0.417. The molecule has 94 valence electrons. The Balaban J connectivity index is 2.58. The molecule has 1 atom stereocenters. The van der Waals surface area contributed by atoms with E-state index in [4.69, 9.17) is 22.1 Å². The van der Waals surface area contributed by atoms with Gasteiger partial charge in [-0.25, -0.2) is 0 Å². The smallest absolute Gasteiger partial charge is 0.306 e. The van der Waals surface area contributed by atoms with Crippen molar-refractivity contribution in [3.63, 3.8) is 0 Å². The van der Waals surface area contributed by atoms with Crippen LogP contribution in [0.2, 0.25) is 5.02 Å². The average molecular weight is 274 g/mol. The molecule has 1 aromatic carbocycles. The van der Waals surface area contributed by atoms with Gasteiger partial charge in [0.15, 0.2) is 0 Å². The molecule has 0 heterocycles. The Hall–Kier alpha value is -0.870. The van der Waals surface area contributed by atoms with Crippen molar-refractivity contribution in [1.82, 2.24) is 0 Å². The van der Waals surface area contributed by atoms with Crippen molar-refractivity contribution >= 4 is 35.0 Å². The molecule has 0 aromatic heterocycles. The number of nitrogen functional groups attached to an aromatic ring is 1. The molecular formula is C12H16ClNO2S. The number of hydrogen-bond acceptors (Lipinski definition) is 4. The van der Waals surface area contributed by atoms with Crippen molar-refractivity contribution in [3.8, 4) is 0 Å². The van der Waals surface area contributed by atoms with Gasteiger partial charge in [0.1, 0.15) is 0 Å². The quantitative estimate of drug-likeness (QED) is 0.508. The number of nitrogens with two attached hydrogens (primary N) is 1. The lowest BCUT2D eigenvalue weighted by Gasteiger charge is -2.12. The van der Waals surface area contributed by atoms with Crippen LogP contribution in [-0.2, 0) is 9.53 Å². The predicted molar refractivity (Wildman–Crippen MR) is 72.4 cm³/mol. The second-order valence-electron chi connectivity index (χ2n) is 3.63. The molecule has 0 fully saturated rings. The van der Waals surface area contributed by atoms with Gasteiger partial charge in [0.05, 0.1) is 18.1 Å². The third-order valence-corrected chi connectivity index (χ3v) is 3.65. The van der Waals surface area contributed by atoms with E-state index in [1.807, 2.05) is 13.0 Å². The summed E-state index contributed by atoms with van der Waals surface area (Å²) in [6.07, 6.45) is 0.365. The minimum absolute atomic E-state index is 0.105. The largest absolute Gasteiger partial charge is 0.466 e. The number of thioether (sulfide) groups is 1. The Kier molecular flexibility index (Phi) is 5.65. The molecule has 2 N–H and O–H groups in total. The maximum atomic E-state index is 11.3. The van der Waals surface area contributed by atoms with Gasteiger partial charge in [-0.2, -0.15) is 0 Å². The van der Waals surface area contributed by atoms with Gasteiger partial charge in [-0.15, -0.1) is 11.8 Å². The number of carbonyl (C=O) groups excluding carboxylic acids is 1. The lowest BCUT2D eigenvalue weighted by molar-refractivity contribution is -0.142. The van der Waals surface area contributed by atoms with Crippen molar-refractivity contribution in [1.29, 1.82) is 0 Å². The normalized spacial score (nSPS) is 12.2. The fourth-order valence-corrected chi connectivity index (χ4v) is 2.61.